The molecule has 0 aromatic carbocycles. The van der Waals surface area contributed by atoms with E-state index in [-0.39, 0.29) is 24.2 Å². The van der Waals surface area contributed by atoms with Crippen LogP contribution in [0.4, 0.5) is 0 Å². The summed E-state index contributed by atoms with van der Waals surface area (Å²) in [7, 11) is 0. The van der Waals surface area contributed by atoms with Gasteiger partial charge in [0.05, 0.1) is 11.7 Å². The molecular weight excluding hydrogens is 312 g/mol. The molecule has 1 aliphatic rings. The number of aromatic nitrogens is 2. The van der Waals surface area contributed by atoms with Gasteiger partial charge in [-0.25, -0.2) is 4.98 Å². The third-order valence-corrected chi connectivity index (χ3v) is 5.59. The summed E-state index contributed by atoms with van der Waals surface area (Å²) in [6.07, 6.45) is 6.46. The van der Waals surface area contributed by atoms with Gasteiger partial charge in [0.25, 0.3) is 5.56 Å². The molecule has 6 heteroatoms. The van der Waals surface area contributed by atoms with Crippen molar-refractivity contribution in [2.45, 2.75) is 58.6 Å². The van der Waals surface area contributed by atoms with Gasteiger partial charge in [0.15, 0.2) is 0 Å². The van der Waals surface area contributed by atoms with E-state index in [4.69, 9.17) is 4.74 Å². The number of carbonyl (C=O) groups is 1. The highest BCUT2D eigenvalue weighted by Gasteiger charge is 2.22. The average molecular weight is 334 g/mol. The molecule has 2 heterocycles. The highest BCUT2D eigenvalue weighted by atomic mass is 32.1. The minimum absolute atomic E-state index is 0.00789. The number of hydrogen-bond donors (Lipinski definition) is 0. The molecule has 0 unspecified atom stereocenters. The van der Waals surface area contributed by atoms with Gasteiger partial charge in [-0.3, -0.25) is 14.2 Å². The van der Waals surface area contributed by atoms with E-state index >= 15 is 0 Å². The first-order chi connectivity index (χ1) is 11.1. The van der Waals surface area contributed by atoms with Crippen molar-refractivity contribution in [2.75, 3.05) is 0 Å². The monoisotopic (exact) mass is 334 g/mol. The first-order valence-corrected chi connectivity index (χ1v) is 9.05. The Morgan fingerprint density at radius 2 is 2.30 bits per heavy atom. The van der Waals surface area contributed by atoms with Crippen LogP contribution in [0.25, 0.3) is 10.2 Å². The quantitative estimate of drug-likeness (QED) is 0.806. The third kappa shape index (κ3) is 3.63. The maximum Gasteiger partial charge on any atom is 0.326 e. The first-order valence-electron chi connectivity index (χ1n) is 8.24. The Balaban J connectivity index is 1.72. The average Bonchev–Trinajstić information content (AvgIpc) is 2.94. The molecular formula is C17H22N2O3S. The Kier molecular flexibility index (Phi) is 4.80. The van der Waals surface area contributed by atoms with Gasteiger partial charge < -0.3 is 4.74 Å². The summed E-state index contributed by atoms with van der Waals surface area (Å²) in [5, 5.41) is 0.591. The van der Waals surface area contributed by atoms with Crippen LogP contribution in [0, 0.1) is 5.92 Å². The van der Waals surface area contributed by atoms with Crippen molar-refractivity contribution in [3.8, 4) is 0 Å². The van der Waals surface area contributed by atoms with E-state index in [2.05, 4.69) is 11.9 Å². The summed E-state index contributed by atoms with van der Waals surface area (Å²) in [5.41, 5.74) is -0.167. The summed E-state index contributed by atoms with van der Waals surface area (Å²) < 4.78 is 6.89. The number of hydrogen-bond acceptors (Lipinski definition) is 5. The van der Waals surface area contributed by atoms with Crippen molar-refractivity contribution in [3.05, 3.63) is 27.6 Å². The van der Waals surface area contributed by atoms with E-state index in [1.807, 2.05) is 13.0 Å². The van der Waals surface area contributed by atoms with Gasteiger partial charge in [0.1, 0.15) is 17.5 Å². The second-order valence-corrected chi connectivity index (χ2v) is 7.46. The van der Waals surface area contributed by atoms with Crippen LogP contribution in [-0.4, -0.2) is 21.6 Å². The normalized spacial score (nSPS) is 21.5. The summed E-state index contributed by atoms with van der Waals surface area (Å²) in [4.78, 5) is 30.7. The smallest absolute Gasteiger partial charge is 0.326 e. The zero-order valence-corrected chi connectivity index (χ0v) is 14.4. The zero-order valence-electron chi connectivity index (χ0n) is 13.6. The SMILES string of the molecule is CCc1cc2c(=O)n(CC(=O)O[C@H]3CCC[C@@H](C)C3)cnc2s1. The van der Waals surface area contributed by atoms with Gasteiger partial charge in [0.2, 0.25) is 0 Å². The lowest BCUT2D eigenvalue weighted by molar-refractivity contribution is -0.152. The number of esters is 1. The number of carbonyl (C=O) groups excluding carboxylic acids is 1. The number of aryl methyl sites for hydroxylation is 1. The van der Waals surface area contributed by atoms with Gasteiger partial charge in [-0.1, -0.05) is 20.3 Å². The molecule has 2 aromatic heterocycles. The van der Waals surface area contributed by atoms with Crippen molar-refractivity contribution in [1.82, 2.24) is 9.55 Å². The van der Waals surface area contributed by atoms with Crippen LogP contribution in [0.5, 0.6) is 0 Å². The molecule has 3 rings (SSSR count). The van der Waals surface area contributed by atoms with Crippen molar-refractivity contribution >= 4 is 27.5 Å². The highest BCUT2D eigenvalue weighted by Crippen LogP contribution is 2.26. The predicted octanol–water partition coefficient (Wildman–Crippen LogP) is 3.14. The number of nitrogens with zero attached hydrogens (tertiary/aromatic N) is 2. The van der Waals surface area contributed by atoms with Crippen molar-refractivity contribution < 1.29 is 9.53 Å². The molecule has 2 aromatic rings. The molecule has 0 aliphatic heterocycles. The van der Waals surface area contributed by atoms with E-state index in [1.54, 1.807) is 0 Å². The van der Waals surface area contributed by atoms with Gasteiger partial charge in [0, 0.05) is 4.88 Å². The molecule has 0 amide bonds. The lowest BCUT2D eigenvalue weighted by Crippen LogP contribution is -2.30. The maximum absolute atomic E-state index is 12.5. The number of thiophene rings is 1. The topological polar surface area (TPSA) is 61.2 Å². The lowest BCUT2D eigenvalue weighted by Gasteiger charge is -2.26. The summed E-state index contributed by atoms with van der Waals surface area (Å²) in [5.74, 6) is 0.249. The van der Waals surface area contributed by atoms with Crippen LogP contribution in [0.3, 0.4) is 0 Å². The molecule has 23 heavy (non-hydrogen) atoms. The van der Waals surface area contributed by atoms with Gasteiger partial charge >= 0.3 is 5.97 Å². The Bertz CT molecular complexity index is 765. The fourth-order valence-corrected chi connectivity index (χ4v) is 4.07. The van der Waals surface area contributed by atoms with E-state index in [0.717, 1.165) is 35.4 Å². The molecule has 1 aliphatic carbocycles. The largest absolute Gasteiger partial charge is 0.461 e. The van der Waals surface area contributed by atoms with Crippen molar-refractivity contribution in [1.29, 1.82) is 0 Å². The van der Waals surface area contributed by atoms with E-state index in [9.17, 15) is 9.59 Å². The fourth-order valence-electron chi connectivity index (χ4n) is 3.14. The second kappa shape index (κ2) is 6.83. The van der Waals surface area contributed by atoms with Crippen LogP contribution < -0.4 is 5.56 Å². The molecule has 0 N–H and O–H groups in total. The Labute approximate surface area is 139 Å². The van der Waals surface area contributed by atoms with Crippen LogP contribution >= 0.6 is 11.3 Å². The number of rotatable bonds is 4. The van der Waals surface area contributed by atoms with E-state index < -0.39 is 0 Å². The first kappa shape index (κ1) is 16.2. The van der Waals surface area contributed by atoms with E-state index in [1.165, 1.54) is 28.7 Å². The second-order valence-electron chi connectivity index (χ2n) is 6.35. The molecule has 124 valence electrons. The molecule has 1 fully saturated rings. The van der Waals surface area contributed by atoms with Gasteiger partial charge in [-0.15, -0.1) is 11.3 Å². The molecule has 5 nitrogen and oxygen atoms in total. The molecule has 0 bridgehead atoms. The number of ether oxygens (including phenoxy) is 1. The standard InChI is InChI=1S/C17H22N2O3S/c1-3-13-8-14-16(23-13)18-10-19(17(14)21)9-15(20)22-12-6-4-5-11(2)7-12/h8,10-12H,3-7,9H2,1-2H3/t11-,12+/m1/s1. The minimum atomic E-state index is -0.349. The lowest BCUT2D eigenvalue weighted by atomic mass is 9.89. The van der Waals surface area contributed by atoms with Crippen LogP contribution in [0.15, 0.2) is 17.2 Å². The van der Waals surface area contributed by atoms with E-state index in [0.29, 0.717) is 11.3 Å². The van der Waals surface area contributed by atoms with Crippen LogP contribution in [-0.2, 0) is 22.5 Å². The fraction of sp³-hybridized carbons (Fsp3) is 0.588. The summed E-state index contributed by atoms with van der Waals surface area (Å²) >= 11 is 1.53. The van der Waals surface area contributed by atoms with Crippen molar-refractivity contribution in [2.24, 2.45) is 5.92 Å². The molecule has 2 atom stereocenters. The van der Waals surface area contributed by atoms with Crippen LogP contribution in [0.2, 0.25) is 0 Å². The zero-order chi connectivity index (χ0) is 16.4. The maximum atomic E-state index is 12.5. The summed E-state index contributed by atoms with van der Waals surface area (Å²) in [6, 6.07) is 1.87. The number of fused-ring (bicyclic) bond motifs is 1. The Hall–Kier alpha value is -1.69. The predicted molar refractivity (Wildman–Crippen MR) is 90.8 cm³/mol. The van der Waals surface area contributed by atoms with Crippen LogP contribution in [0.1, 0.15) is 44.4 Å². The van der Waals surface area contributed by atoms with Crippen molar-refractivity contribution in [3.63, 3.8) is 0 Å². The molecule has 1 saturated carbocycles. The van der Waals surface area contributed by atoms with Gasteiger partial charge in [-0.2, -0.15) is 0 Å². The third-order valence-electron chi connectivity index (χ3n) is 4.40. The Morgan fingerprint density at radius 3 is 3.04 bits per heavy atom. The molecule has 0 spiro atoms. The molecule has 0 radical (unpaired) electrons. The Morgan fingerprint density at radius 1 is 1.48 bits per heavy atom. The van der Waals surface area contributed by atoms with Gasteiger partial charge in [-0.05, 0) is 37.7 Å². The summed E-state index contributed by atoms with van der Waals surface area (Å²) in [6.45, 7) is 4.17. The highest BCUT2D eigenvalue weighted by molar-refractivity contribution is 7.18. The molecule has 0 saturated heterocycles. The minimum Gasteiger partial charge on any atom is -0.461 e.